The van der Waals surface area contributed by atoms with E-state index in [2.05, 4.69) is 0 Å². The maximum Gasteiger partial charge on any atom is 0.265 e. The number of piperidine rings is 1. The fraction of sp³-hybridized carbons (Fsp3) is 0.478. The zero-order valence-corrected chi connectivity index (χ0v) is 21.7. The molecular weight excluding hydrogens is 500 g/mol. The molecule has 2 fully saturated rings. The standard InChI is InChI=1S/C23H27ClN2O6S2/c1-31-15-4-5-17(32-2)16(12-15)21(27)25-9-6-23(7-10-25)8-11-26(14-23)22(28)20-19(24)18(13-33-20)34(3,29)30/h4-5,12-13H,6-11,14H2,1-3H3. The van der Waals surface area contributed by atoms with E-state index in [9.17, 15) is 18.0 Å². The van der Waals surface area contributed by atoms with Gasteiger partial charge in [0.05, 0.1) is 29.7 Å². The topological polar surface area (TPSA) is 93.2 Å². The molecule has 8 nitrogen and oxygen atoms in total. The number of halogens is 1. The van der Waals surface area contributed by atoms with Gasteiger partial charge in [0.25, 0.3) is 11.8 Å². The molecule has 1 spiro atoms. The van der Waals surface area contributed by atoms with Gasteiger partial charge in [0.1, 0.15) is 16.4 Å². The molecule has 1 aromatic heterocycles. The van der Waals surface area contributed by atoms with Crippen LogP contribution in [0.5, 0.6) is 11.5 Å². The first kappa shape index (κ1) is 24.8. The molecule has 2 aromatic rings. The highest BCUT2D eigenvalue weighted by Crippen LogP contribution is 2.42. The summed E-state index contributed by atoms with van der Waals surface area (Å²) in [6.45, 7) is 2.32. The van der Waals surface area contributed by atoms with Crippen LogP contribution in [0.25, 0.3) is 0 Å². The molecule has 0 bridgehead atoms. The lowest BCUT2D eigenvalue weighted by molar-refractivity contribution is 0.0563. The summed E-state index contributed by atoms with van der Waals surface area (Å²) in [5.74, 6) is 0.760. The van der Waals surface area contributed by atoms with E-state index in [1.165, 1.54) is 12.5 Å². The summed E-state index contributed by atoms with van der Waals surface area (Å²) >= 11 is 7.30. The van der Waals surface area contributed by atoms with E-state index in [4.69, 9.17) is 21.1 Å². The smallest absolute Gasteiger partial charge is 0.265 e. The number of benzene rings is 1. The van der Waals surface area contributed by atoms with Crippen LogP contribution < -0.4 is 9.47 Å². The zero-order valence-electron chi connectivity index (χ0n) is 19.3. The van der Waals surface area contributed by atoms with E-state index in [1.807, 2.05) is 4.90 Å². The number of rotatable bonds is 5. The Kier molecular flexibility index (Phi) is 6.85. The van der Waals surface area contributed by atoms with Gasteiger partial charge in [-0.1, -0.05) is 11.6 Å². The van der Waals surface area contributed by atoms with Gasteiger partial charge in [-0.25, -0.2) is 8.42 Å². The van der Waals surface area contributed by atoms with E-state index < -0.39 is 9.84 Å². The number of carbonyl (C=O) groups is 2. The number of ether oxygens (including phenoxy) is 2. The summed E-state index contributed by atoms with van der Waals surface area (Å²) < 4.78 is 34.4. The molecule has 0 unspecified atom stereocenters. The van der Waals surface area contributed by atoms with Gasteiger partial charge < -0.3 is 19.3 Å². The monoisotopic (exact) mass is 526 g/mol. The van der Waals surface area contributed by atoms with E-state index in [1.54, 1.807) is 30.2 Å². The van der Waals surface area contributed by atoms with Crippen molar-refractivity contribution in [3.05, 3.63) is 39.0 Å². The number of methoxy groups -OCH3 is 2. The Hall–Kier alpha value is -2.30. The quantitative estimate of drug-likeness (QED) is 0.591. The molecule has 0 saturated carbocycles. The number of likely N-dealkylation sites (tertiary alicyclic amines) is 2. The van der Waals surface area contributed by atoms with Crippen LogP contribution in [0.1, 0.15) is 39.3 Å². The normalized spacial score (nSPS) is 17.8. The van der Waals surface area contributed by atoms with Crippen LogP contribution in [0.4, 0.5) is 0 Å². The van der Waals surface area contributed by atoms with Gasteiger partial charge in [0, 0.05) is 37.8 Å². The van der Waals surface area contributed by atoms with Gasteiger partial charge in [0.2, 0.25) is 0 Å². The van der Waals surface area contributed by atoms with Crippen molar-refractivity contribution in [3.63, 3.8) is 0 Å². The maximum atomic E-state index is 13.2. The highest BCUT2D eigenvalue weighted by Gasteiger charge is 2.43. The lowest BCUT2D eigenvalue weighted by Crippen LogP contribution is -2.44. The zero-order chi connectivity index (χ0) is 24.7. The fourth-order valence-corrected chi connectivity index (χ4v) is 7.59. The Morgan fingerprint density at radius 1 is 1.03 bits per heavy atom. The molecule has 0 atom stereocenters. The van der Waals surface area contributed by atoms with E-state index in [-0.39, 0.29) is 32.0 Å². The van der Waals surface area contributed by atoms with Gasteiger partial charge in [-0.3, -0.25) is 9.59 Å². The lowest BCUT2D eigenvalue weighted by atomic mass is 9.77. The second-order valence-electron chi connectivity index (χ2n) is 8.85. The van der Waals surface area contributed by atoms with Crippen LogP contribution in [0.3, 0.4) is 0 Å². The molecule has 2 amide bonds. The first-order valence-electron chi connectivity index (χ1n) is 10.9. The van der Waals surface area contributed by atoms with Gasteiger partial charge in [0.15, 0.2) is 9.84 Å². The Morgan fingerprint density at radius 3 is 2.24 bits per heavy atom. The lowest BCUT2D eigenvalue weighted by Gasteiger charge is -2.39. The van der Waals surface area contributed by atoms with Crippen LogP contribution >= 0.6 is 22.9 Å². The third-order valence-corrected chi connectivity index (χ3v) is 9.62. The van der Waals surface area contributed by atoms with Crippen molar-refractivity contribution in [2.75, 3.05) is 46.7 Å². The molecule has 4 rings (SSSR count). The Bertz CT molecular complexity index is 1220. The molecule has 34 heavy (non-hydrogen) atoms. The molecule has 1 aromatic carbocycles. The number of hydrogen-bond acceptors (Lipinski definition) is 7. The highest BCUT2D eigenvalue weighted by atomic mass is 35.5. The Morgan fingerprint density at radius 2 is 1.68 bits per heavy atom. The van der Waals surface area contributed by atoms with Gasteiger partial charge in [-0.05, 0) is 42.9 Å². The number of nitrogens with zero attached hydrogens (tertiary/aromatic N) is 2. The van der Waals surface area contributed by atoms with E-state index in [0.29, 0.717) is 43.2 Å². The molecule has 0 N–H and O–H groups in total. The summed E-state index contributed by atoms with van der Waals surface area (Å²) in [4.78, 5) is 30.1. The van der Waals surface area contributed by atoms with Gasteiger partial charge in [-0.2, -0.15) is 0 Å². The molecule has 2 saturated heterocycles. The third-order valence-electron chi connectivity index (χ3n) is 6.77. The largest absolute Gasteiger partial charge is 0.497 e. The van der Waals surface area contributed by atoms with Crippen molar-refractivity contribution >= 4 is 44.6 Å². The SMILES string of the molecule is COc1ccc(OC)c(C(=O)N2CCC3(CC2)CCN(C(=O)c2scc(S(C)(=O)=O)c2Cl)C3)c1. The van der Waals surface area contributed by atoms with E-state index in [0.717, 1.165) is 36.9 Å². The second kappa shape index (κ2) is 9.39. The third kappa shape index (κ3) is 4.63. The van der Waals surface area contributed by atoms with Gasteiger partial charge >= 0.3 is 0 Å². The van der Waals surface area contributed by atoms with Crippen molar-refractivity contribution in [2.24, 2.45) is 5.41 Å². The van der Waals surface area contributed by atoms with Crippen molar-refractivity contribution in [1.82, 2.24) is 9.80 Å². The molecule has 11 heteroatoms. The van der Waals surface area contributed by atoms with Crippen LogP contribution in [-0.4, -0.2) is 76.7 Å². The Labute approximate surface area is 208 Å². The van der Waals surface area contributed by atoms with Gasteiger partial charge in [-0.15, -0.1) is 11.3 Å². The molecule has 0 radical (unpaired) electrons. The Balaban J connectivity index is 1.43. The van der Waals surface area contributed by atoms with Crippen LogP contribution in [0.15, 0.2) is 28.5 Å². The van der Waals surface area contributed by atoms with Crippen molar-refractivity contribution in [3.8, 4) is 11.5 Å². The predicted molar refractivity (Wildman–Crippen MR) is 130 cm³/mol. The second-order valence-corrected chi connectivity index (χ2v) is 12.1. The molecule has 2 aliphatic rings. The minimum absolute atomic E-state index is 0.00350. The predicted octanol–water partition coefficient (Wildman–Crippen LogP) is 3.59. The van der Waals surface area contributed by atoms with Crippen LogP contribution in [0.2, 0.25) is 5.02 Å². The highest BCUT2D eigenvalue weighted by molar-refractivity contribution is 7.91. The van der Waals surface area contributed by atoms with Crippen LogP contribution in [-0.2, 0) is 9.84 Å². The summed E-state index contributed by atoms with van der Waals surface area (Å²) in [7, 11) is -0.401. The number of amides is 2. The average Bonchev–Trinajstić information content (AvgIpc) is 3.42. The number of carbonyl (C=O) groups excluding carboxylic acids is 2. The number of thiophene rings is 1. The number of hydrogen-bond donors (Lipinski definition) is 0. The van der Waals surface area contributed by atoms with E-state index >= 15 is 0 Å². The van der Waals surface area contributed by atoms with Crippen molar-refractivity contribution in [1.29, 1.82) is 0 Å². The number of sulfone groups is 1. The minimum atomic E-state index is -3.49. The maximum absolute atomic E-state index is 13.2. The molecular formula is C23H27ClN2O6S2. The summed E-state index contributed by atoms with van der Waals surface area (Å²) in [5, 5.41) is 1.43. The first-order chi connectivity index (χ1) is 16.1. The summed E-state index contributed by atoms with van der Waals surface area (Å²) in [6, 6.07) is 5.17. The molecule has 2 aliphatic heterocycles. The summed E-state index contributed by atoms with van der Waals surface area (Å²) in [6.07, 6.45) is 3.48. The minimum Gasteiger partial charge on any atom is -0.497 e. The average molecular weight is 527 g/mol. The molecule has 3 heterocycles. The van der Waals surface area contributed by atoms with Crippen molar-refractivity contribution < 1.29 is 27.5 Å². The summed E-state index contributed by atoms with van der Waals surface area (Å²) in [5.41, 5.74) is 0.406. The van der Waals surface area contributed by atoms with Crippen LogP contribution in [0, 0.1) is 5.41 Å². The fourth-order valence-electron chi connectivity index (χ4n) is 4.72. The van der Waals surface area contributed by atoms with Crippen molar-refractivity contribution in [2.45, 2.75) is 24.2 Å². The molecule has 184 valence electrons. The first-order valence-corrected chi connectivity index (χ1v) is 14.0. The molecule has 0 aliphatic carbocycles.